The summed E-state index contributed by atoms with van der Waals surface area (Å²) in [5.41, 5.74) is 6.08. The van der Waals surface area contributed by atoms with Crippen molar-refractivity contribution in [2.24, 2.45) is 11.7 Å². The number of nitrogens with zero attached hydrogens (tertiary/aromatic N) is 2. The average Bonchev–Trinajstić information content (AvgIpc) is 2.67. The van der Waals surface area contributed by atoms with E-state index in [1.807, 2.05) is 19.9 Å². The van der Waals surface area contributed by atoms with E-state index in [-0.39, 0.29) is 17.7 Å². The Balaban J connectivity index is 4.39. The van der Waals surface area contributed by atoms with Crippen LogP contribution in [0.15, 0.2) is 12.7 Å². The first-order valence-electron chi connectivity index (χ1n) is 12.1. The maximum absolute atomic E-state index is 12.8. The fraction of sp³-hybridized carbons (Fsp3) is 0.840. The number of unbranched alkanes of at least 4 members (excludes halogenated alkanes) is 9. The Kier molecular flexibility index (Phi) is 15.8. The van der Waals surface area contributed by atoms with E-state index in [1.165, 1.54) is 30.6 Å². The van der Waals surface area contributed by atoms with Crippen LogP contribution >= 0.6 is 0 Å². The number of carbonyl (C=O) groups excluding carboxylic acids is 2. The molecule has 0 saturated carbocycles. The van der Waals surface area contributed by atoms with E-state index in [0.29, 0.717) is 13.0 Å². The second kappa shape index (κ2) is 16.5. The summed E-state index contributed by atoms with van der Waals surface area (Å²) in [6.07, 6.45) is 14.4. The second-order valence-corrected chi connectivity index (χ2v) is 10.0. The van der Waals surface area contributed by atoms with Gasteiger partial charge in [0.2, 0.25) is 11.8 Å². The molecule has 0 unspecified atom stereocenters. The molecule has 1 atom stereocenters. The molecule has 0 aromatic heterocycles. The number of rotatable bonds is 18. The topological polar surface area (TPSA) is 63.4 Å². The molecule has 2 N–H and O–H groups in total. The number of amides is 2. The highest BCUT2D eigenvalue weighted by atomic mass is 16.2. The summed E-state index contributed by atoms with van der Waals surface area (Å²) in [5.74, 6) is -0.215. The molecule has 0 saturated heterocycles. The van der Waals surface area contributed by atoms with Crippen LogP contribution in [-0.2, 0) is 9.59 Å². The lowest BCUT2D eigenvalue weighted by Gasteiger charge is -2.26. The third kappa shape index (κ3) is 14.7. The SMILES string of the molecule is C=CCCCCCCCCC(=O)N(CCCCCC[N+](C)(C)C)C(=O)[C@@H](N)C(C)C. The van der Waals surface area contributed by atoms with Gasteiger partial charge in [-0.2, -0.15) is 0 Å². The van der Waals surface area contributed by atoms with E-state index in [9.17, 15) is 9.59 Å². The molecule has 5 nitrogen and oxygen atoms in total. The van der Waals surface area contributed by atoms with Gasteiger partial charge >= 0.3 is 0 Å². The number of hydrogen-bond donors (Lipinski definition) is 1. The van der Waals surface area contributed by atoms with Crippen molar-refractivity contribution in [1.82, 2.24) is 4.90 Å². The lowest BCUT2D eigenvalue weighted by atomic mass is 10.0. The zero-order valence-corrected chi connectivity index (χ0v) is 20.6. The standard InChI is InChI=1S/C25H50N3O2/c1-7-8-9-10-11-12-13-16-19-23(29)27(25(30)24(26)22(2)3)20-17-14-15-18-21-28(4,5)6/h7,22,24H,1,8-21,26H2,2-6H3/q+1/t24-/m0/s1. The van der Waals surface area contributed by atoms with Gasteiger partial charge < -0.3 is 10.2 Å². The predicted molar refractivity (Wildman–Crippen MR) is 128 cm³/mol. The van der Waals surface area contributed by atoms with Crippen LogP contribution in [-0.4, -0.2) is 61.5 Å². The average molecular weight is 425 g/mol. The Hall–Kier alpha value is -1.20. The van der Waals surface area contributed by atoms with Crippen LogP contribution in [0.5, 0.6) is 0 Å². The summed E-state index contributed by atoms with van der Waals surface area (Å²) >= 11 is 0. The van der Waals surface area contributed by atoms with Crippen molar-refractivity contribution in [2.75, 3.05) is 34.2 Å². The summed E-state index contributed by atoms with van der Waals surface area (Å²) < 4.78 is 0.973. The summed E-state index contributed by atoms with van der Waals surface area (Å²) in [6.45, 7) is 9.26. The Morgan fingerprint density at radius 3 is 2.00 bits per heavy atom. The lowest BCUT2D eigenvalue weighted by molar-refractivity contribution is -0.870. The van der Waals surface area contributed by atoms with Gasteiger partial charge in [0.25, 0.3) is 0 Å². The Bertz CT molecular complexity index is 483. The molecule has 0 aliphatic heterocycles. The van der Waals surface area contributed by atoms with Crippen LogP contribution < -0.4 is 5.73 Å². The first kappa shape index (κ1) is 28.8. The molecule has 176 valence electrons. The van der Waals surface area contributed by atoms with Gasteiger partial charge in [0, 0.05) is 13.0 Å². The quantitative estimate of drug-likeness (QED) is 0.193. The highest BCUT2D eigenvalue weighted by molar-refractivity contribution is 5.97. The summed E-state index contributed by atoms with van der Waals surface area (Å²) in [6, 6.07) is -0.600. The van der Waals surface area contributed by atoms with E-state index in [4.69, 9.17) is 5.73 Å². The smallest absolute Gasteiger partial charge is 0.246 e. The highest BCUT2D eigenvalue weighted by Crippen LogP contribution is 2.13. The molecule has 0 aromatic carbocycles. The first-order valence-corrected chi connectivity index (χ1v) is 12.1. The first-order chi connectivity index (χ1) is 14.1. The van der Waals surface area contributed by atoms with Crippen molar-refractivity contribution < 1.29 is 14.1 Å². The predicted octanol–water partition coefficient (Wildman–Crippen LogP) is 4.90. The molecule has 0 radical (unpaired) electrons. The van der Waals surface area contributed by atoms with E-state index in [0.717, 1.165) is 56.0 Å². The molecule has 30 heavy (non-hydrogen) atoms. The summed E-state index contributed by atoms with van der Waals surface area (Å²) in [4.78, 5) is 27.0. The van der Waals surface area contributed by atoms with Crippen LogP contribution in [0.4, 0.5) is 0 Å². The van der Waals surface area contributed by atoms with Gasteiger partial charge in [-0.05, 0) is 44.4 Å². The minimum absolute atomic E-state index is 0.0351. The van der Waals surface area contributed by atoms with Crippen LogP contribution in [0.1, 0.15) is 90.9 Å². The van der Waals surface area contributed by atoms with E-state index in [2.05, 4.69) is 27.7 Å². The van der Waals surface area contributed by atoms with Crippen molar-refractivity contribution in [3.05, 3.63) is 12.7 Å². The molecule has 2 amide bonds. The second-order valence-electron chi connectivity index (χ2n) is 10.0. The molecule has 0 fully saturated rings. The van der Waals surface area contributed by atoms with Crippen molar-refractivity contribution in [3.8, 4) is 0 Å². The monoisotopic (exact) mass is 424 g/mol. The van der Waals surface area contributed by atoms with Gasteiger partial charge in [-0.3, -0.25) is 14.5 Å². The maximum Gasteiger partial charge on any atom is 0.246 e. The normalized spacial score (nSPS) is 12.8. The van der Waals surface area contributed by atoms with Crippen LogP contribution in [0.25, 0.3) is 0 Å². The summed E-state index contributed by atoms with van der Waals surface area (Å²) in [5, 5.41) is 0. The fourth-order valence-electron chi connectivity index (χ4n) is 3.44. The minimum Gasteiger partial charge on any atom is -0.331 e. The molecule has 0 rings (SSSR count). The van der Waals surface area contributed by atoms with Crippen LogP contribution in [0.3, 0.4) is 0 Å². The van der Waals surface area contributed by atoms with Gasteiger partial charge in [0.05, 0.1) is 33.7 Å². The highest BCUT2D eigenvalue weighted by Gasteiger charge is 2.27. The number of quaternary nitrogens is 1. The summed E-state index contributed by atoms with van der Waals surface area (Å²) in [7, 11) is 6.61. The van der Waals surface area contributed by atoms with Crippen LogP contribution in [0, 0.1) is 5.92 Å². The van der Waals surface area contributed by atoms with Crippen molar-refractivity contribution >= 4 is 11.8 Å². The lowest BCUT2D eigenvalue weighted by Crippen LogP contribution is -2.49. The number of nitrogens with two attached hydrogens (primary N) is 1. The molecular formula is C25H50N3O2+. The molecule has 0 heterocycles. The van der Waals surface area contributed by atoms with E-state index in [1.54, 1.807) is 0 Å². The van der Waals surface area contributed by atoms with Gasteiger partial charge in [-0.15, -0.1) is 6.58 Å². The third-order valence-electron chi connectivity index (χ3n) is 5.58. The Morgan fingerprint density at radius 1 is 0.900 bits per heavy atom. The Labute approximate surface area is 186 Å². The molecule has 0 aromatic rings. The van der Waals surface area contributed by atoms with Crippen molar-refractivity contribution in [1.29, 1.82) is 0 Å². The molecule has 5 heteroatoms. The Morgan fingerprint density at radius 2 is 1.43 bits per heavy atom. The van der Waals surface area contributed by atoms with Gasteiger partial charge in [-0.25, -0.2) is 0 Å². The molecule has 0 aliphatic rings. The van der Waals surface area contributed by atoms with E-state index >= 15 is 0 Å². The van der Waals surface area contributed by atoms with Gasteiger partial charge in [0.15, 0.2) is 0 Å². The van der Waals surface area contributed by atoms with Gasteiger partial charge in [-0.1, -0.05) is 52.0 Å². The number of allylic oxidation sites excluding steroid dienone is 1. The van der Waals surface area contributed by atoms with E-state index < -0.39 is 6.04 Å². The number of hydrogen-bond acceptors (Lipinski definition) is 3. The van der Waals surface area contributed by atoms with Crippen molar-refractivity contribution in [3.63, 3.8) is 0 Å². The molecule has 0 spiro atoms. The molecular weight excluding hydrogens is 374 g/mol. The number of imide groups is 1. The molecule has 0 bridgehead atoms. The minimum atomic E-state index is -0.600. The van der Waals surface area contributed by atoms with Crippen LogP contribution in [0.2, 0.25) is 0 Å². The molecule has 0 aliphatic carbocycles. The third-order valence-corrected chi connectivity index (χ3v) is 5.58. The van der Waals surface area contributed by atoms with Gasteiger partial charge in [0.1, 0.15) is 0 Å². The fourth-order valence-corrected chi connectivity index (χ4v) is 3.44. The number of carbonyl (C=O) groups is 2. The largest absolute Gasteiger partial charge is 0.331 e. The van der Waals surface area contributed by atoms with Crippen molar-refractivity contribution in [2.45, 2.75) is 96.9 Å². The zero-order chi connectivity index (χ0) is 23.0. The maximum atomic E-state index is 12.8. The zero-order valence-electron chi connectivity index (χ0n) is 20.6.